The van der Waals surface area contributed by atoms with Crippen molar-refractivity contribution in [3.05, 3.63) is 80.2 Å². The number of amides is 4. The number of carbonyl (C=O) groups excluding carboxylic acids is 3. The molecule has 2 aliphatic rings. The van der Waals surface area contributed by atoms with E-state index in [0.717, 1.165) is 27.3 Å². The van der Waals surface area contributed by atoms with Crippen molar-refractivity contribution in [1.82, 2.24) is 15.1 Å². The Morgan fingerprint density at radius 1 is 1.09 bits per heavy atom. The average Bonchev–Trinajstić information content (AvgIpc) is 3.56. The zero-order valence-electron chi connectivity index (χ0n) is 18.3. The summed E-state index contributed by atoms with van der Waals surface area (Å²) in [6, 6.07) is 15.3. The van der Waals surface area contributed by atoms with Gasteiger partial charge in [0.25, 0.3) is 5.91 Å². The standard InChI is InChI=1S/C25H25N3O3S2/c1-25(12-9-17-6-3-2-4-7-17)23(30)28(24(31)26-25)16-21(29)27-13-10-19-18(11-15-33-19)22(27)20-8-5-14-32-20/h2-8,11,14-15,22H,9-10,12-13,16H2,1H3,(H,26,31)/t22-,25-/m0/s1. The van der Waals surface area contributed by atoms with Crippen molar-refractivity contribution in [1.29, 1.82) is 0 Å². The number of carbonyl (C=O) groups is 3. The molecule has 5 rings (SSSR count). The van der Waals surface area contributed by atoms with E-state index in [1.807, 2.05) is 52.7 Å². The van der Waals surface area contributed by atoms with Crippen LogP contribution in [0.1, 0.15) is 40.3 Å². The normalized spacial score (nSPS) is 22.4. The maximum Gasteiger partial charge on any atom is 0.325 e. The van der Waals surface area contributed by atoms with Gasteiger partial charge in [0.15, 0.2) is 0 Å². The molecule has 0 aliphatic carbocycles. The number of hydrogen-bond donors (Lipinski definition) is 1. The van der Waals surface area contributed by atoms with Crippen LogP contribution in [0.5, 0.6) is 0 Å². The van der Waals surface area contributed by atoms with Crippen LogP contribution in [0.3, 0.4) is 0 Å². The Morgan fingerprint density at radius 3 is 2.67 bits per heavy atom. The number of urea groups is 1. The fourth-order valence-electron chi connectivity index (χ4n) is 4.66. The van der Waals surface area contributed by atoms with Gasteiger partial charge in [-0.15, -0.1) is 22.7 Å². The zero-order chi connectivity index (χ0) is 23.0. The van der Waals surface area contributed by atoms with E-state index in [1.165, 1.54) is 4.88 Å². The summed E-state index contributed by atoms with van der Waals surface area (Å²) in [7, 11) is 0. The van der Waals surface area contributed by atoms with Gasteiger partial charge in [-0.05, 0) is 60.2 Å². The maximum absolute atomic E-state index is 13.4. The van der Waals surface area contributed by atoms with Crippen LogP contribution in [0.2, 0.25) is 0 Å². The molecule has 8 heteroatoms. The van der Waals surface area contributed by atoms with Crippen LogP contribution in [0, 0.1) is 0 Å². The first kappa shape index (κ1) is 21.9. The molecule has 2 atom stereocenters. The number of nitrogens with zero attached hydrogens (tertiary/aromatic N) is 2. The number of rotatable bonds is 6. The molecule has 0 bridgehead atoms. The average molecular weight is 480 g/mol. The van der Waals surface area contributed by atoms with E-state index >= 15 is 0 Å². The molecule has 33 heavy (non-hydrogen) atoms. The Hall–Kier alpha value is -2.97. The molecule has 2 aromatic heterocycles. The van der Waals surface area contributed by atoms with Gasteiger partial charge in [0.1, 0.15) is 12.1 Å². The Bertz CT molecular complexity index is 1170. The van der Waals surface area contributed by atoms with Crippen molar-refractivity contribution in [3.8, 4) is 0 Å². The second kappa shape index (κ2) is 8.76. The van der Waals surface area contributed by atoms with Crippen LogP contribution >= 0.6 is 22.7 Å². The monoisotopic (exact) mass is 479 g/mol. The molecule has 0 spiro atoms. The van der Waals surface area contributed by atoms with Crippen LogP contribution < -0.4 is 5.32 Å². The largest absolute Gasteiger partial charge is 0.329 e. The summed E-state index contributed by atoms with van der Waals surface area (Å²) in [6.07, 6.45) is 1.93. The summed E-state index contributed by atoms with van der Waals surface area (Å²) in [5.41, 5.74) is 1.24. The van der Waals surface area contributed by atoms with Crippen LogP contribution in [-0.2, 0) is 22.4 Å². The second-order valence-corrected chi connectivity index (χ2v) is 10.7. The minimum Gasteiger partial charge on any atom is -0.329 e. The predicted octanol–water partition coefficient (Wildman–Crippen LogP) is 4.23. The third-order valence-corrected chi connectivity index (χ3v) is 8.42. The number of nitrogens with one attached hydrogen (secondary N) is 1. The van der Waals surface area contributed by atoms with Crippen molar-refractivity contribution in [2.75, 3.05) is 13.1 Å². The highest BCUT2D eigenvalue weighted by molar-refractivity contribution is 7.10. The van der Waals surface area contributed by atoms with E-state index in [9.17, 15) is 14.4 Å². The van der Waals surface area contributed by atoms with E-state index in [0.29, 0.717) is 19.4 Å². The predicted molar refractivity (Wildman–Crippen MR) is 129 cm³/mol. The summed E-state index contributed by atoms with van der Waals surface area (Å²) in [6.45, 7) is 2.07. The highest BCUT2D eigenvalue weighted by Crippen LogP contribution is 2.39. The molecule has 6 nitrogen and oxygen atoms in total. The van der Waals surface area contributed by atoms with Crippen molar-refractivity contribution in [2.45, 2.75) is 37.8 Å². The molecule has 4 amide bonds. The first-order valence-electron chi connectivity index (χ1n) is 11.0. The molecule has 0 saturated carbocycles. The van der Waals surface area contributed by atoms with Gasteiger partial charge in [0, 0.05) is 16.3 Å². The molecule has 3 aromatic rings. The third kappa shape index (κ3) is 4.09. The summed E-state index contributed by atoms with van der Waals surface area (Å²) in [5.74, 6) is -0.543. The number of fused-ring (bicyclic) bond motifs is 1. The lowest BCUT2D eigenvalue weighted by Crippen LogP contribution is -2.48. The molecule has 1 fully saturated rings. The molecule has 0 radical (unpaired) electrons. The zero-order valence-corrected chi connectivity index (χ0v) is 20.0. The summed E-state index contributed by atoms with van der Waals surface area (Å²) >= 11 is 3.33. The van der Waals surface area contributed by atoms with Crippen molar-refractivity contribution < 1.29 is 14.4 Å². The molecular formula is C25H25N3O3S2. The first-order valence-corrected chi connectivity index (χ1v) is 12.8. The van der Waals surface area contributed by atoms with Gasteiger partial charge in [-0.3, -0.25) is 14.5 Å². The number of hydrogen-bond acceptors (Lipinski definition) is 5. The molecule has 1 N–H and O–H groups in total. The van der Waals surface area contributed by atoms with Gasteiger partial charge in [0.2, 0.25) is 5.91 Å². The molecule has 4 heterocycles. The SMILES string of the molecule is C[C@@]1(CCc2ccccc2)NC(=O)N(CC(=O)N2CCc3sccc3[C@H]2c2cccs2)C1=O. The van der Waals surface area contributed by atoms with E-state index < -0.39 is 11.6 Å². The van der Waals surface area contributed by atoms with E-state index in [4.69, 9.17) is 0 Å². The van der Waals surface area contributed by atoms with Crippen LogP contribution in [0.25, 0.3) is 0 Å². The first-order chi connectivity index (χ1) is 16.0. The summed E-state index contributed by atoms with van der Waals surface area (Å²) in [5, 5.41) is 6.90. The van der Waals surface area contributed by atoms with Gasteiger partial charge in [-0.1, -0.05) is 36.4 Å². The Labute approximate surface area is 200 Å². The van der Waals surface area contributed by atoms with Gasteiger partial charge in [0.05, 0.1) is 6.04 Å². The molecule has 2 aliphatic heterocycles. The quantitative estimate of drug-likeness (QED) is 0.538. The maximum atomic E-state index is 13.4. The van der Waals surface area contributed by atoms with E-state index in [-0.39, 0.29) is 24.4 Å². The number of benzene rings is 1. The number of thiophene rings is 2. The lowest BCUT2D eigenvalue weighted by atomic mass is 9.93. The van der Waals surface area contributed by atoms with Crippen molar-refractivity contribution in [3.63, 3.8) is 0 Å². The fourth-order valence-corrected chi connectivity index (χ4v) is 6.42. The minimum absolute atomic E-state index is 0.169. The lowest BCUT2D eigenvalue weighted by Gasteiger charge is -2.36. The van der Waals surface area contributed by atoms with Gasteiger partial charge < -0.3 is 10.2 Å². The highest BCUT2D eigenvalue weighted by Gasteiger charge is 2.48. The molecule has 0 unspecified atom stereocenters. The van der Waals surface area contributed by atoms with Gasteiger partial charge >= 0.3 is 6.03 Å². The number of aryl methyl sites for hydroxylation is 1. The van der Waals surface area contributed by atoms with Gasteiger partial charge in [-0.25, -0.2) is 4.79 Å². The Kier molecular flexibility index (Phi) is 5.80. The smallest absolute Gasteiger partial charge is 0.325 e. The molecule has 170 valence electrons. The fraction of sp³-hybridized carbons (Fsp3) is 0.320. The molecular weight excluding hydrogens is 454 g/mol. The minimum atomic E-state index is -1.01. The van der Waals surface area contributed by atoms with E-state index in [2.05, 4.69) is 16.8 Å². The Morgan fingerprint density at radius 2 is 1.91 bits per heavy atom. The number of imide groups is 1. The van der Waals surface area contributed by atoms with Crippen molar-refractivity contribution >= 4 is 40.5 Å². The summed E-state index contributed by atoms with van der Waals surface area (Å²) in [4.78, 5) is 44.7. The second-order valence-electron chi connectivity index (χ2n) is 8.69. The van der Waals surface area contributed by atoms with Crippen molar-refractivity contribution in [2.24, 2.45) is 0 Å². The van der Waals surface area contributed by atoms with Crippen LogP contribution in [0.15, 0.2) is 59.3 Å². The molecule has 1 saturated heterocycles. The van der Waals surface area contributed by atoms with Crippen LogP contribution in [0.4, 0.5) is 4.79 Å². The highest BCUT2D eigenvalue weighted by atomic mass is 32.1. The van der Waals surface area contributed by atoms with E-state index in [1.54, 1.807) is 29.6 Å². The topological polar surface area (TPSA) is 69.7 Å². The Balaban J connectivity index is 1.32. The molecule has 1 aromatic carbocycles. The van der Waals surface area contributed by atoms with Gasteiger partial charge in [-0.2, -0.15) is 0 Å². The lowest BCUT2D eigenvalue weighted by molar-refractivity contribution is -0.140. The summed E-state index contributed by atoms with van der Waals surface area (Å²) < 4.78 is 0. The van der Waals surface area contributed by atoms with Crippen LogP contribution in [-0.4, -0.2) is 46.3 Å². The third-order valence-electron chi connectivity index (χ3n) is 6.49.